The molecular weight excluding hydrogens is 288 g/mol. The molecule has 0 spiro atoms. The number of hydrogen-bond acceptors (Lipinski definition) is 5. The normalized spacial score (nSPS) is 13.3. The van der Waals surface area contributed by atoms with Crippen molar-refractivity contribution in [2.45, 2.75) is 25.8 Å². The smallest absolute Gasteiger partial charge is 0.320 e. The minimum Gasteiger partial charge on any atom is -0.481 e. The molecule has 0 radical (unpaired) electrons. The number of aromatic nitrogens is 2. The minimum absolute atomic E-state index is 0.290. The number of urea groups is 1. The third-order valence-corrected chi connectivity index (χ3v) is 4.24. The van der Waals surface area contributed by atoms with Crippen LogP contribution in [0.3, 0.4) is 0 Å². The van der Waals surface area contributed by atoms with E-state index in [0.717, 1.165) is 11.4 Å². The highest BCUT2D eigenvalue weighted by Gasteiger charge is 2.29. The topological polar surface area (TPSA) is 76.1 Å². The number of carbonyl (C=O) groups excluding carboxylic acids is 1. The largest absolute Gasteiger partial charge is 0.481 e. The van der Waals surface area contributed by atoms with Gasteiger partial charge < -0.3 is 15.4 Å². The van der Waals surface area contributed by atoms with Crippen LogP contribution in [-0.2, 0) is 5.54 Å². The Balaban J connectivity index is 2.03. The highest BCUT2D eigenvalue weighted by Crippen LogP contribution is 2.26. The Kier molecular flexibility index (Phi) is 4.74. The van der Waals surface area contributed by atoms with Crippen molar-refractivity contribution in [1.29, 1.82) is 0 Å². The molecule has 112 valence electrons. The number of rotatable bonds is 5. The molecule has 2 amide bonds. The Morgan fingerprint density at radius 3 is 2.76 bits per heavy atom. The number of pyridine rings is 1. The highest BCUT2D eigenvalue weighted by molar-refractivity contribution is 7.09. The van der Waals surface area contributed by atoms with Crippen molar-refractivity contribution in [1.82, 2.24) is 15.3 Å². The van der Waals surface area contributed by atoms with E-state index in [9.17, 15) is 4.79 Å². The number of amides is 2. The highest BCUT2D eigenvalue weighted by atomic mass is 32.1. The van der Waals surface area contributed by atoms with Crippen molar-refractivity contribution < 1.29 is 9.53 Å². The average Bonchev–Trinajstić information content (AvgIpc) is 3.02. The molecule has 2 aromatic rings. The summed E-state index contributed by atoms with van der Waals surface area (Å²) >= 11 is 1.53. The van der Waals surface area contributed by atoms with Gasteiger partial charge in [-0.25, -0.2) is 14.8 Å². The fraction of sp³-hybridized carbons (Fsp3) is 0.357. The first kappa shape index (κ1) is 15.2. The molecule has 0 fully saturated rings. The number of methoxy groups -OCH3 is 1. The zero-order valence-electron chi connectivity index (χ0n) is 12.2. The fourth-order valence-electron chi connectivity index (χ4n) is 1.78. The zero-order valence-corrected chi connectivity index (χ0v) is 13.0. The summed E-state index contributed by atoms with van der Waals surface area (Å²) in [5, 5.41) is 8.50. The first-order chi connectivity index (χ1) is 10.1. The lowest BCUT2D eigenvalue weighted by molar-refractivity contribution is 0.237. The number of ether oxygens (including phenoxy) is 1. The number of anilines is 1. The summed E-state index contributed by atoms with van der Waals surface area (Å²) < 4.78 is 4.97. The van der Waals surface area contributed by atoms with Crippen LogP contribution < -0.4 is 15.4 Å². The van der Waals surface area contributed by atoms with Gasteiger partial charge in [0.2, 0.25) is 5.88 Å². The number of thiazole rings is 1. The van der Waals surface area contributed by atoms with E-state index >= 15 is 0 Å². The number of nitrogens with one attached hydrogen (secondary N) is 2. The van der Waals surface area contributed by atoms with Crippen LogP contribution in [0.2, 0.25) is 0 Å². The Hall–Kier alpha value is -2.15. The van der Waals surface area contributed by atoms with Crippen LogP contribution in [0.25, 0.3) is 0 Å². The molecular formula is C14H18N4O2S. The van der Waals surface area contributed by atoms with Crippen LogP contribution in [0, 0.1) is 0 Å². The Morgan fingerprint density at radius 2 is 2.24 bits per heavy atom. The molecule has 2 rings (SSSR count). The predicted octanol–water partition coefficient (Wildman–Crippen LogP) is 2.99. The first-order valence-electron chi connectivity index (χ1n) is 6.56. The van der Waals surface area contributed by atoms with Gasteiger partial charge in [-0.15, -0.1) is 11.3 Å². The van der Waals surface area contributed by atoms with Gasteiger partial charge in [0.15, 0.2) is 0 Å². The van der Waals surface area contributed by atoms with Crippen molar-refractivity contribution in [3.05, 3.63) is 34.9 Å². The average molecular weight is 306 g/mol. The second-order valence-corrected chi connectivity index (χ2v) is 5.59. The lowest BCUT2D eigenvalue weighted by Gasteiger charge is -2.27. The second kappa shape index (κ2) is 6.53. The molecule has 0 aromatic carbocycles. The van der Waals surface area contributed by atoms with Crippen molar-refractivity contribution in [2.75, 3.05) is 12.4 Å². The molecule has 21 heavy (non-hydrogen) atoms. The Bertz CT molecular complexity index is 586. The molecule has 2 aromatic heterocycles. The minimum atomic E-state index is -0.488. The first-order valence-corrected chi connectivity index (χ1v) is 7.44. The van der Waals surface area contributed by atoms with E-state index in [-0.39, 0.29) is 6.03 Å². The number of carbonyl (C=O) groups is 1. The summed E-state index contributed by atoms with van der Waals surface area (Å²) in [4.78, 5) is 20.5. The van der Waals surface area contributed by atoms with Gasteiger partial charge in [0, 0.05) is 17.6 Å². The van der Waals surface area contributed by atoms with Crippen molar-refractivity contribution in [2.24, 2.45) is 0 Å². The zero-order chi connectivity index (χ0) is 15.3. The summed E-state index contributed by atoms with van der Waals surface area (Å²) in [6.07, 6.45) is 4.03. The number of hydrogen-bond donors (Lipinski definition) is 2. The summed E-state index contributed by atoms with van der Waals surface area (Å²) in [5.74, 6) is 0.502. The molecule has 6 nitrogen and oxygen atoms in total. The third-order valence-electron chi connectivity index (χ3n) is 3.20. The van der Waals surface area contributed by atoms with Crippen LogP contribution >= 0.6 is 11.3 Å². The van der Waals surface area contributed by atoms with Gasteiger partial charge in [-0.05, 0) is 19.4 Å². The summed E-state index contributed by atoms with van der Waals surface area (Å²) in [7, 11) is 1.54. The second-order valence-electron chi connectivity index (χ2n) is 4.69. The van der Waals surface area contributed by atoms with E-state index in [1.807, 2.05) is 19.2 Å². The van der Waals surface area contributed by atoms with E-state index in [1.165, 1.54) is 11.3 Å². The van der Waals surface area contributed by atoms with E-state index < -0.39 is 5.54 Å². The standard InChI is InChI=1S/C14H18N4O2S/c1-4-14(2,12-15-7-8-21-12)18-13(19)17-10-5-6-11(20-3)16-9-10/h5-9H,4H2,1-3H3,(H2,17,18,19). The maximum absolute atomic E-state index is 12.1. The van der Waals surface area contributed by atoms with Gasteiger partial charge in [0.05, 0.1) is 24.5 Å². The lowest BCUT2D eigenvalue weighted by atomic mass is 10.0. The molecule has 2 N–H and O–H groups in total. The molecule has 1 atom stereocenters. The fourth-order valence-corrected chi connectivity index (χ4v) is 2.60. The maximum atomic E-state index is 12.1. The van der Waals surface area contributed by atoms with Gasteiger partial charge in [-0.3, -0.25) is 0 Å². The molecule has 0 saturated heterocycles. The summed E-state index contributed by atoms with van der Waals surface area (Å²) in [6.45, 7) is 3.97. The molecule has 0 bridgehead atoms. The molecule has 2 heterocycles. The molecule has 0 saturated carbocycles. The van der Waals surface area contributed by atoms with Crippen LogP contribution in [0.15, 0.2) is 29.9 Å². The molecule has 1 unspecified atom stereocenters. The molecule has 0 aliphatic heterocycles. The van der Waals surface area contributed by atoms with Crippen LogP contribution in [0.4, 0.5) is 10.5 Å². The Labute approximate surface area is 127 Å². The van der Waals surface area contributed by atoms with Crippen molar-refractivity contribution in [3.8, 4) is 5.88 Å². The van der Waals surface area contributed by atoms with Crippen molar-refractivity contribution >= 4 is 23.1 Å². The SMILES string of the molecule is CCC(C)(NC(=O)Nc1ccc(OC)nc1)c1nccs1. The van der Waals surface area contributed by atoms with Gasteiger partial charge in [0.1, 0.15) is 5.01 Å². The Morgan fingerprint density at radius 1 is 1.43 bits per heavy atom. The van der Waals surface area contributed by atoms with E-state index in [1.54, 1.807) is 31.6 Å². The van der Waals surface area contributed by atoms with E-state index in [0.29, 0.717) is 11.6 Å². The van der Waals surface area contributed by atoms with Gasteiger partial charge in [-0.2, -0.15) is 0 Å². The van der Waals surface area contributed by atoms with Crippen LogP contribution in [0.5, 0.6) is 5.88 Å². The van der Waals surface area contributed by atoms with Gasteiger partial charge in [-0.1, -0.05) is 6.92 Å². The maximum Gasteiger partial charge on any atom is 0.320 e. The predicted molar refractivity (Wildman–Crippen MR) is 82.7 cm³/mol. The third kappa shape index (κ3) is 3.69. The molecule has 0 aliphatic rings. The summed E-state index contributed by atoms with van der Waals surface area (Å²) in [6, 6.07) is 3.13. The summed E-state index contributed by atoms with van der Waals surface area (Å²) in [5.41, 5.74) is 0.115. The van der Waals surface area contributed by atoms with Gasteiger partial charge >= 0.3 is 6.03 Å². The number of nitrogens with zero attached hydrogens (tertiary/aromatic N) is 2. The molecule has 0 aliphatic carbocycles. The quantitative estimate of drug-likeness (QED) is 0.890. The van der Waals surface area contributed by atoms with Crippen LogP contribution in [0.1, 0.15) is 25.3 Å². The van der Waals surface area contributed by atoms with Crippen LogP contribution in [-0.4, -0.2) is 23.1 Å². The van der Waals surface area contributed by atoms with Crippen molar-refractivity contribution in [3.63, 3.8) is 0 Å². The lowest BCUT2D eigenvalue weighted by Crippen LogP contribution is -2.45. The van der Waals surface area contributed by atoms with E-state index in [2.05, 4.69) is 20.6 Å². The van der Waals surface area contributed by atoms with E-state index in [4.69, 9.17) is 4.74 Å². The van der Waals surface area contributed by atoms with Gasteiger partial charge in [0.25, 0.3) is 0 Å². The monoisotopic (exact) mass is 306 g/mol. The molecule has 7 heteroatoms.